The summed E-state index contributed by atoms with van der Waals surface area (Å²) in [5, 5.41) is 11.9. The molecule has 2 aromatic carbocycles. The summed E-state index contributed by atoms with van der Waals surface area (Å²) in [6.07, 6.45) is 0.333. The van der Waals surface area contributed by atoms with Crippen LogP contribution in [0.2, 0.25) is 5.02 Å². The van der Waals surface area contributed by atoms with Gasteiger partial charge in [0.15, 0.2) is 0 Å². The molecule has 2 aromatic rings. The van der Waals surface area contributed by atoms with Gasteiger partial charge in [0.1, 0.15) is 5.82 Å². The lowest BCUT2D eigenvalue weighted by Gasteiger charge is -2.29. The molecule has 1 atom stereocenters. The third-order valence-electron chi connectivity index (χ3n) is 3.92. The van der Waals surface area contributed by atoms with Crippen LogP contribution in [0.5, 0.6) is 0 Å². The Bertz CT molecular complexity index is 705. The predicted octanol–water partition coefficient (Wildman–Crippen LogP) is 4.07. The summed E-state index contributed by atoms with van der Waals surface area (Å²) in [4.78, 5) is 24.5. The third-order valence-corrected chi connectivity index (χ3v) is 4.17. The van der Waals surface area contributed by atoms with Gasteiger partial charge in [-0.05, 0) is 41.8 Å². The van der Waals surface area contributed by atoms with E-state index in [1.54, 1.807) is 31.3 Å². The molecule has 0 spiro atoms. The Hall–Kier alpha value is -2.60. The number of carbonyl (C=O) groups excluding carboxylic acids is 1. The fourth-order valence-corrected chi connectivity index (χ4v) is 2.73. The van der Waals surface area contributed by atoms with Crippen LogP contribution in [0.1, 0.15) is 30.0 Å². The molecule has 2 N–H and O–H groups in total. The van der Waals surface area contributed by atoms with Gasteiger partial charge in [-0.3, -0.25) is 4.79 Å². The van der Waals surface area contributed by atoms with Crippen LogP contribution < -0.4 is 5.32 Å². The molecule has 0 radical (unpaired) electrons. The second-order valence-corrected chi connectivity index (χ2v) is 6.28. The van der Waals surface area contributed by atoms with Gasteiger partial charge in [-0.2, -0.15) is 0 Å². The lowest BCUT2D eigenvalue weighted by Crippen LogP contribution is -2.40. The Morgan fingerprint density at radius 3 is 2.19 bits per heavy atom. The Labute approximate surface area is 156 Å². The Morgan fingerprint density at radius 2 is 1.65 bits per heavy atom. The smallest absolute Gasteiger partial charge is 0.317 e. The number of hydrogen-bond donors (Lipinski definition) is 2. The third kappa shape index (κ3) is 5.46. The van der Waals surface area contributed by atoms with Gasteiger partial charge in [0, 0.05) is 25.0 Å². The van der Waals surface area contributed by atoms with Crippen LogP contribution in [-0.4, -0.2) is 35.6 Å². The number of nitrogens with one attached hydrogen (secondary N) is 1. The number of rotatable bonds is 7. The molecule has 0 saturated heterocycles. The molecule has 7 heteroatoms. The molecule has 138 valence electrons. The topological polar surface area (TPSA) is 69.6 Å². The Balaban J connectivity index is 2.19. The van der Waals surface area contributed by atoms with Crippen LogP contribution in [0.15, 0.2) is 48.5 Å². The summed E-state index contributed by atoms with van der Waals surface area (Å²) < 4.78 is 13.3. The van der Waals surface area contributed by atoms with E-state index in [1.807, 2.05) is 12.1 Å². The quantitative estimate of drug-likeness (QED) is 0.713. The fourth-order valence-electron chi connectivity index (χ4n) is 2.61. The predicted molar refractivity (Wildman–Crippen MR) is 97.7 cm³/mol. The first-order valence-corrected chi connectivity index (χ1v) is 8.49. The SMILES string of the molecule is CN(C(=O)NCCCC(=O)O)C(c1ccc(F)cc1)c1ccc(Cl)cc1. The van der Waals surface area contributed by atoms with Gasteiger partial charge >= 0.3 is 12.0 Å². The van der Waals surface area contributed by atoms with Crippen molar-refractivity contribution in [1.29, 1.82) is 0 Å². The zero-order chi connectivity index (χ0) is 19.1. The molecule has 5 nitrogen and oxygen atoms in total. The van der Waals surface area contributed by atoms with E-state index < -0.39 is 12.0 Å². The normalized spacial score (nSPS) is 11.7. The summed E-state index contributed by atoms with van der Waals surface area (Å²) in [6, 6.07) is 12.2. The molecule has 0 aromatic heterocycles. The van der Waals surface area contributed by atoms with Gasteiger partial charge in [0.25, 0.3) is 0 Å². The molecule has 0 aliphatic heterocycles. The van der Waals surface area contributed by atoms with Crippen molar-refractivity contribution in [1.82, 2.24) is 10.2 Å². The van der Waals surface area contributed by atoms with Crippen LogP contribution >= 0.6 is 11.6 Å². The molecular formula is C19H20ClFN2O3. The molecule has 0 aliphatic carbocycles. The number of aliphatic carboxylic acids is 1. The summed E-state index contributed by atoms with van der Waals surface area (Å²) in [7, 11) is 1.63. The minimum atomic E-state index is -0.905. The van der Waals surface area contributed by atoms with E-state index in [9.17, 15) is 14.0 Å². The van der Waals surface area contributed by atoms with Crippen molar-refractivity contribution in [2.45, 2.75) is 18.9 Å². The highest BCUT2D eigenvalue weighted by molar-refractivity contribution is 6.30. The standard InChI is InChI=1S/C19H20ClFN2O3/c1-23(19(26)22-12-2-3-17(24)25)18(13-4-8-15(20)9-5-13)14-6-10-16(21)11-7-14/h4-11,18H,2-3,12H2,1H3,(H,22,26)(H,24,25). The Kier molecular flexibility index (Phi) is 6.97. The van der Waals surface area contributed by atoms with E-state index in [0.29, 0.717) is 11.4 Å². The number of hydrogen-bond acceptors (Lipinski definition) is 2. The summed E-state index contributed by atoms with van der Waals surface area (Å²) in [6.45, 7) is 0.256. The van der Waals surface area contributed by atoms with Crippen LogP contribution in [0.3, 0.4) is 0 Å². The zero-order valence-corrected chi connectivity index (χ0v) is 15.0. The van der Waals surface area contributed by atoms with Crippen LogP contribution in [0.25, 0.3) is 0 Å². The van der Waals surface area contributed by atoms with E-state index in [2.05, 4.69) is 5.32 Å². The maximum atomic E-state index is 13.3. The summed E-state index contributed by atoms with van der Waals surface area (Å²) in [5.74, 6) is -1.26. The number of urea groups is 1. The number of carboxylic acids is 1. The molecule has 26 heavy (non-hydrogen) atoms. The van der Waals surface area contributed by atoms with Crippen LogP contribution in [0.4, 0.5) is 9.18 Å². The van der Waals surface area contributed by atoms with Gasteiger partial charge < -0.3 is 15.3 Å². The minimum absolute atomic E-state index is 0.0113. The highest BCUT2D eigenvalue weighted by atomic mass is 35.5. The Morgan fingerprint density at radius 1 is 1.12 bits per heavy atom. The average Bonchev–Trinajstić information content (AvgIpc) is 2.61. The highest BCUT2D eigenvalue weighted by Gasteiger charge is 2.23. The van der Waals surface area contributed by atoms with Gasteiger partial charge in [-0.15, -0.1) is 0 Å². The molecular weight excluding hydrogens is 359 g/mol. The van der Waals surface area contributed by atoms with Crippen molar-refractivity contribution < 1.29 is 19.1 Å². The monoisotopic (exact) mass is 378 g/mol. The molecule has 0 bridgehead atoms. The van der Waals surface area contributed by atoms with Crippen molar-refractivity contribution in [2.24, 2.45) is 0 Å². The van der Waals surface area contributed by atoms with E-state index in [0.717, 1.165) is 11.1 Å². The van der Waals surface area contributed by atoms with Gasteiger partial charge in [-0.25, -0.2) is 9.18 Å². The number of benzene rings is 2. The average molecular weight is 379 g/mol. The zero-order valence-electron chi connectivity index (χ0n) is 14.3. The van der Waals surface area contributed by atoms with E-state index in [-0.39, 0.29) is 24.8 Å². The molecule has 1 unspecified atom stereocenters. The van der Waals surface area contributed by atoms with E-state index in [4.69, 9.17) is 16.7 Å². The maximum Gasteiger partial charge on any atom is 0.317 e. The largest absolute Gasteiger partial charge is 0.481 e. The lowest BCUT2D eigenvalue weighted by atomic mass is 9.97. The second kappa shape index (κ2) is 9.20. The number of halogens is 2. The van der Waals surface area contributed by atoms with Crippen LogP contribution in [0, 0.1) is 5.82 Å². The van der Waals surface area contributed by atoms with E-state index in [1.165, 1.54) is 17.0 Å². The van der Waals surface area contributed by atoms with Gasteiger partial charge in [0.05, 0.1) is 6.04 Å². The fraction of sp³-hybridized carbons (Fsp3) is 0.263. The van der Waals surface area contributed by atoms with E-state index >= 15 is 0 Å². The molecule has 0 fully saturated rings. The molecule has 0 heterocycles. The molecule has 0 aliphatic rings. The number of carbonyl (C=O) groups is 2. The van der Waals surface area contributed by atoms with Gasteiger partial charge in [-0.1, -0.05) is 35.9 Å². The lowest BCUT2D eigenvalue weighted by molar-refractivity contribution is -0.137. The van der Waals surface area contributed by atoms with Crippen molar-refractivity contribution in [3.8, 4) is 0 Å². The van der Waals surface area contributed by atoms with Crippen molar-refractivity contribution in [2.75, 3.05) is 13.6 Å². The molecule has 2 rings (SSSR count). The summed E-state index contributed by atoms with van der Waals surface area (Å²) in [5.41, 5.74) is 1.57. The number of amides is 2. The number of carboxylic acid groups (broad SMARTS) is 1. The number of nitrogens with zero attached hydrogens (tertiary/aromatic N) is 1. The van der Waals surface area contributed by atoms with Crippen molar-refractivity contribution in [3.05, 3.63) is 70.5 Å². The van der Waals surface area contributed by atoms with Gasteiger partial charge in [0.2, 0.25) is 0 Å². The minimum Gasteiger partial charge on any atom is -0.481 e. The summed E-state index contributed by atoms with van der Waals surface area (Å²) >= 11 is 5.94. The first-order chi connectivity index (χ1) is 12.4. The van der Waals surface area contributed by atoms with Crippen molar-refractivity contribution in [3.63, 3.8) is 0 Å². The molecule has 0 saturated carbocycles. The van der Waals surface area contributed by atoms with Crippen molar-refractivity contribution >= 4 is 23.6 Å². The highest BCUT2D eigenvalue weighted by Crippen LogP contribution is 2.29. The maximum absolute atomic E-state index is 13.3. The second-order valence-electron chi connectivity index (χ2n) is 5.85. The first-order valence-electron chi connectivity index (χ1n) is 8.12. The van der Waals surface area contributed by atoms with Crippen LogP contribution in [-0.2, 0) is 4.79 Å². The first kappa shape index (κ1) is 19.7. The molecule has 2 amide bonds.